The summed E-state index contributed by atoms with van der Waals surface area (Å²) >= 11 is 12.3. The van der Waals surface area contributed by atoms with E-state index in [2.05, 4.69) is 12.0 Å². The molecular weight excluding hydrogens is 335 g/mol. The molecule has 0 saturated heterocycles. The summed E-state index contributed by atoms with van der Waals surface area (Å²) in [6, 6.07) is 5.38. The van der Waals surface area contributed by atoms with E-state index in [1.54, 1.807) is 16.6 Å². The Morgan fingerprint density at radius 3 is 2.70 bits per heavy atom. The van der Waals surface area contributed by atoms with E-state index in [0.29, 0.717) is 21.5 Å². The van der Waals surface area contributed by atoms with Crippen molar-refractivity contribution in [1.82, 2.24) is 9.61 Å². The molecule has 1 atom stereocenters. The maximum Gasteiger partial charge on any atom is 0.266 e. The van der Waals surface area contributed by atoms with Crippen LogP contribution < -0.4 is 4.74 Å². The van der Waals surface area contributed by atoms with Gasteiger partial charge in [0, 0.05) is 10.6 Å². The summed E-state index contributed by atoms with van der Waals surface area (Å²) in [6.45, 7) is 7.89. The Balaban J connectivity index is 2.19. The number of hydrogen-bond acceptors (Lipinski definition) is 3. The zero-order valence-electron chi connectivity index (χ0n) is 13.5. The van der Waals surface area contributed by atoms with E-state index in [9.17, 15) is 0 Å². The molecule has 3 rings (SSSR count). The van der Waals surface area contributed by atoms with Crippen LogP contribution in [0.15, 0.2) is 22.6 Å². The number of halogens is 2. The van der Waals surface area contributed by atoms with Crippen LogP contribution in [-0.2, 0) is 0 Å². The molecule has 0 bridgehead atoms. The summed E-state index contributed by atoms with van der Waals surface area (Å²) in [4.78, 5) is 0. The van der Waals surface area contributed by atoms with E-state index >= 15 is 0 Å². The molecule has 3 aromatic rings. The van der Waals surface area contributed by atoms with E-state index in [0.717, 1.165) is 29.1 Å². The van der Waals surface area contributed by atoms with Gasteiger partial charge in [-0.25, -0.2) is 0 Å². The van der Waals surface area contributed by atoms with E-state index in [1.807, 2.05) is 26.8 Å². The second-order valence-electron chi connectivity index (χ2n) is 5.60. The Bertz CT molecular complexity index is 867. The summed E-state index contributed by atoms with van der Waals surface area (Å²) in [5.74, 6) is 1.41. The fraction of sp³-hybridized carbons (Fsp3) is 0.353. The molecular formula is C17H18Cl2N2O2. The van der Waals surface area contributed by atoms with Crippen molar-refractivity contribution < 1.29 is 9.15 Å². The average Bonchev–Trinajstić information content (AvgIpc) is 2.95. The minimum atomic E-state index is 0.0923. The maximum atomic E-state index is 6.35. The van der Waals surface area contributed by atoms with Crippen LogP contribution in [0.3, 0.4) is 0 Å². The molecule has 0 aliphatic heterocycles. The molecule has 4 nitrogen and oxygen atoms in total. The second kappa shape index (κ2) is 6.10. The smallest absolute Gasteiger partial charge is 0.266 e. The predicted octanol–water partition coefficient (Wildman–Crippen LogP) is 5.70. The third-order valence-corrected chi connectivity index (χ3v) is 4.39. The number of benzene rings is 1. The Kier molecular flexibility index (Phi) is 4.30. The van der Waals surface area contributed by atoms with Crippen molar-refractivity contribution in [1.29, 1.82) is 0 Å². The number of aryl methyl sites for hydroxylation is 2. The van der Waals surface area contributed by atoms with Gasteiger partial charge in [0.1, 0.15) is 17.1 Å². The standard InChI is InChI=1S/C17H18Cl2N2O2/c1-5-9(2)22-16-10(3)20-21-15(11(4)23-17(16)21)13-7-6-12(18)8-14(13)19/h6-9H,5H2,1-4H3. The zero-order valence-corrected chi connectivity index (χ0v) is 15.0. The van der Waals surface area contributed by atoms with Crippen molar-refractivity contribution in [2.45, 2.75) is 40.2 Å². The van der Waals surface area contributed by atoms with Gasteiger partial charge in [-0.2, -0.15) is 9.61 Å². The monoisotopic (exact) mass is 352 g/mol. The lowest BCUT2D eigenvalue weighted by Gasteiger charge is -2.10. The molecule has 0 spiro atoms. The highest BCUT2D eigenvalue weighted by Gasteiger charge is 2.23. The van der Waals surface area contributed by atoms with E-state index in [1.165, 1.54) is 0 Å². The summed E-state index contributed by atoms with van der Waals surface area (Å²) in [5, 5.41) is 5.72. The number of fused-ring (bicyclic) bond motifs is 1. The molecule has 2 heterocycles. The average molecular weight is 353 g/mol. The zero-order chi connectivity index (χ0) is 16.7. The summed E-state index contributed by atoms with van der Waals surface area (Å²) in [6.07, 6.45) is 1.00. The highest BCUT2D eigenvalue weighted by Crippen LogP contribution is 2.37. The topological polar surface area (TPSA) is 39.7 Å². The highest BCUT2D eigenvalue weighted by atomic mass is 35.5. The van der Waals surface area contributed by atoms with Crippen molar-refractivity contribution in [3.05, 3.63) is 39.7 Å². The van der Waals surface area contributed by atoms with Crippen LogP contribution in [0.25, 0.3) is 17.0 Å². The summed E-state index contributed by atoms with van der Waals surface area (Å²) in [7, 11) is 0. The van der Waals surface area contributed by atoms with Crippen LogP contribution in [0.1, 0.15) is 31.7 Å². The lowest BCUT2D eigenvalue weighted by atomic mass is 10.1. The molecule has 0 fully saturated rings. The molecule has 0 amide bonds. The fourth-order valence-electron chi connectivity index (χ4n) is 2.48. The van der Waals surface area contributed by atoms with Crippen LogP contribution in [0, 0.1) is 13.8 Å². The maximum absolute atomic E-state index is 6.35. The van der Waals surface area contributed by atoms with Gasteiger partial charge in [0.2, 0.25) is 5.75 Å². The molecule has 0 aliphatic carbocycles. The number of ether oxygens (including phenoxy) is 1. The van der Waals surface area contributed by atoms with Gasteiger partial charge in [0.25, 0.3) is 5.71 Å². The SMILES string of the molecule is CCC(C)Oc1c(C)nn2c(-c3ccc(Cl)cc3Cl)c(C)oc12. The van der Waals surface area contributed by atoms with Crippen LogP contribution >= 0.6 is 23.2 Å². The molecule has 1 aromatic carbocycles. The first kappa shape index (κ1) is 16.2. The largest absolute Gasteiger partial charge is 0.484 e. The Hall–Kier alpha value is -1.65. The summed E-state index contributed by atoms with van der Waals surface area (Å²) in [5.41, 5.74) is 3.02. The lowest BCUT2D eigenvalue weighted by molar-refractivity contribution is 0.215. The molecule has 23 heavy (non-hydrogen) atoms. The van der Waals surface area contributed by atoms with Gasteiger partial charge < -0.3 is 9.15 Å². The van der Waals surface area contributed by atoms with Gasteiger partial charge in [0.15, 0.2) is 0 Å². The van der Waals surface area contributed by atoms with E-state index in [4.69, 9.17) is 32.4 Å². The van der Waals surface area contributed by atoms with E-state index in [-0.39, 0.29) is 6.10 Å². The molecule has 6 heteroatoms. The van der Waals surface area contributed by atoms with Crippen LogP contribution in [-0.4, -0.2) is 15.7 Å². The highest BCUT2D eigenvalue weighted by molar-refractivity contribution is 6.36. The third kappa shape index (κ3) is 2.81. The molecule has 0 aliphatic rings. The number of nitrogens with zero attached hydrogens (tertiary/aromatic N) is 2. The number of hydrogen-bond donors (Lipinski definition) is 0. The molecule has 0 radical (unpaired) electrons. The van der Waals surface area contributed by atoms with Gasteiger partial charge in [-0.15, -0.1) is 0 Å². The van der Waals surface area contributed by atoms with Crippen molar-refractivity contribution in [2.75, 3.05) is 0 Å². The van der Waals surface area contributed by atoms with Crippen LogP contribution in [0.4, 0.5) is 0 Å². The second-order valence-corrected chi connectivity index (χ2v) is 6.44. The first-order valence-corrected chi connectivity index (χ1v) is 8.28. The number of rotatable bonds is 4. The predicted molar refractivity (Wildman–Crippen MR) is 92.8 cm³/mol. The van der Waals surface area contributed by atoms with E-state index < -0.39 is 0 Å². The third-order valence-electron chi connectivity index (χ3n) is 3.84. The molecule has 122 valence electrons. The quantitative estimate of drug-likeness (QED) is 0.604. The molecule has 0 N–H and O–H groups in total. The number of aromatic nitrogens is 2. The van der Waals surface area contributed by atoms with Gasteiger partial charge in [0.05, 0.1) is 11.1 Å². The minimum absolute atomic E-state index is 0.0923. The van der Waals surface area contributed by atoms with Crippen molar-refractivity contribution in [2.24, 2.45) is 0 Å². The fourth-order valence-corrected chi connectivity index (χ4v) is 2.98. The normalized spacial score (nSPS) is 12.8. The van der Waals surface area contributed by atoms with Gasteiger partial charge >= 0.3 is 0 Å². The first-order valence-electron chi connectivity index (χ1n) is 7.53. The van der Waals surface area contributed by atoms with Crippen LogP contribution in [0.2, 0.25) is 10.0 Å². The van der Waals surface area contributed by atoms with Crippen molar-refractivity contribution >= 4 is 28.9 Å². The first-order chi connectivity index (χ1) is 10.9. The Morgan fingerprint density at radius 1 is 1.30 bits per heavy atom. The Morgan fingerprint density at radius 2 is 2.04 bits per heavy atom. The van der Waals surface area contributed by atoms with Crippen molar-refractivity contribution in [3.63, 3.8) is 0 Å². The van der Waals surface area contributed by atoms with Crippen molar-refractivity contribution in [3.8, 4) is 17.0 Å². The number of oxazole rings is 1. The van der Waals surface area contributed by atoms with Gasteiger partial charge in [-0.3, -0.25) is 0 Å². The lowest BCUT2D eigenvalue weighted by Crippen LogP contribution is -2.09. The molecule has 1 unspecified atom stereocenters. The Labute approximate surface area is 144 Å². The summed E-state index contributed by atoms with van der Waals surface area (Å²) < 4.78 is 13.6. The van der Waals surface area contributed by atoms with Crippen LogP contribution in [0.5, 0.6) is 5.75 Å². The molecule has 2 aromatic heterocycles. The van der Waals surface area contributed by atoms with Gasteiger partial charge in [-0.1, -0.05) is 30.1 Å². The minimum Gasteiger partial charge on any atom is -0.484 e. The van der Waals surface area contributed by atoms with Gasteiger partial charge in [-0.05, 0) is 45.4 Å². The molecule has 0 saturated carbocycles.